The number of benzene rings is 1. The molecule has 1 atom stereocenters. The highest BCUT2D eigenvalue weighted by molar-refractivity contribution is 5.35. The molecule has 1 heteroatoms. The maximum Gasteiger partial charge on any atom is 0.0133 e. The predicted octanol–water partition coefficient (Wildman–Crippen LogP) is 3.63. The summed E-state index contributed by atoms with van der Waals surface area (Å²) in [6.45, 7) is 2.39. The van der Waals surface area contributed by atoms with Crippen molar-refractivity contribution in [2.75, 3.05) is 0 Å². The second kappa shape index (κ2) is 4.70. The van der Waals surface area contributed by atoms with Gasteiger partial charge in [0.15, 0.2) is 0 Å². The zero-order chi connectivity index (χ0) is 12.6. The summed E-state index contributed by atoms with van der Waals surface area (Å²) in [6, 6.07) is 7.39. The van der Waals surface area contributed by atoms with Crippen LogP contribution in [0.3, 0.4) is 0 Å². The molecule has 3 rings (SSSR count). The van der Waals surface area contributed by atoms with E-state index in [1.807, 2.05) is 0 Å². The molecule has 1 unspecified atom stereocenters. The van der Waals surface area contributed by atoms with Gasteiger partial charge in [-0.2, -0.15) is 0 Å². The average molecular weight is 243 g/mol. The van der Waals surface area contributed by atoms with Crippen molar-refractivity contribution < 1.29 is 0 Å². The van der Waals surface area contributed by atoms with Gasteiger partial charge >= 0.3 is 0 Å². The van der Waals surface area contributed by atoms with Crippen molar-refractivity contribution in [1.82, 2.24) is 0 Å². The Morgan fingerprint density at radius 3 is 2.61 bits per heavy atom. The van der Waals surface area contributed by atoms with E-state index >= 15 is 0 Å². The summed E-state index contributed by atoms with van der Waals surface area (Å²) in [5, 5.41) is 0. The van der Waals surface area contributed by atoms with E-state index in [9.17, 15) is 0 Å². The van der Waals surface area contributed by atoms with Crippen LogP contribution in [0.5, 0.6) is 0 Å². The second-order valence-corrected chi connectivity index (χ2v) is 6.63. The summed E-state index contributed by atoms with van der Waals surface area (Å²) in [6.07, 6.45) is 10.3. The maximum atomic E-state index is 6.49. The molecule has 0 spiro atoms. The summed E-state index contributed by atoms with van der Waals surface area (Å²) < 4.78 is 0. The highest BCUT2D eigenvalue weighted by Crippen LogP contribution is 2.40. The van der Waals surface area contributed by atoms with Gasteiger partial charge in [-0.05, 0) is 60.6 Å². The average Bonchev–Trinajstić information content (AvgIpc) is 2.98. The third kappa shape index (κ3) is 2.21. The molecule has 1 nitrogen and oxygen atoms in total. The van der Waals surface area contributed by atoms with Crippen LogP contribution < -0.4 is 5.73 Å². The maximum absolute atomic E-state index is 6.49. The highest BCUT2D eigenvalue weighted by Gasteiger charge is 2.34. The Morgan fingerprint density at radius 2 is 1.83 bits per heavy atom. The van der Waals surface area contributed by atoms with E-state index in [-0.39, 0.29) is 0 Å². The molecule has 0 bridgehead atoms. The van der Waals surface area contributed by atoms with Crippen molar-refractivity contribution in [2.24, 2.45) is 11.1 Å². The third-order valence-corrected chi connectivity index (χ3v) is 5.26. The second-order valence-electron chi connectivity index (χ2n) is 6.63. The number of rotatable bonds is 3. The van der Waals surface area contributed by atoms with E-state index in [0.29, 0.717) is 11.5 Å². The van der Waals surface area contributed by atoms with E-state index in [4.69, 9.17) is 5.73 Å². The SMILES string of the molecule is CC1(C(N)Cc2ccc3c(c2)CCC3)CCCC1. The standard InChI is InChI=1S/C17H25N/c1-17(9-2-3-10-17)16(18)12-13-7-8-14-5-4-6-15(14)11-13/h7-8,11,16H,2-6,9-10,12,18H2,1H3. The van der Waals surface area contributed by atoms with Gasteiger partial charge in [-0.15, -0.1) is 0 Å². The fraction of sp³-hybridized carbons (Fsp3) is 0.647. The van der Waals surface area contributed by atoms with Crippen LogP contribution in [0.25, 0.3) is 0 Å². The smallest absolute Gasteiger partial charge is 0.0133 e. The quantitative estimate of drug-likeness (QED) is 0.862. The van der Waals surface area contributed by atoms with Gasteiger partial charge in [0.1, 0.15) is 0 Å². The van der Waals surface area contributed by atoms with Crippen molar-refractivity contribution in [3.05, 3.63) is 34.9 Å². The molecule has 0 radical (unpaired) electrons. The number of fused-ring (bicyclic) bond motifs is 1. The Balaban J connectivity index is 1.72. The molecule has 98 valence electrons. The van der Waals surface area contributed by atoms with Crippen molar-refractivity contribution in [3.8, 4) is 0 Å². The summed E-state index contributed by atoms with van der Waals surface area (Å²) in [5.41, 5.74) is 11.5. The minimum atomic E-state index is 0.333. The molecule has 0 amide bonds. The molecule has 0 aromatic heterocycles. The van der Waals surface area contributed by atoms with Crippen LogP contribution in [-0.2, 0) is 19.3 Å². The van der Waals surface area contributed by atoms with Crippen LogP contribution in [0.4, 0.5) is 0 Å². The first-order valence-electron chi connectivity index (χ1n) is 7.54. The van der Waals surface area contributed by atoms with Gasteiger partial charge in [-0.25, -0.2) is 0 Å². The lowest BCUT2D eigenvalue weighted by Gasteiger charge is -2.31. The molecule has 2 aliphatic carbocycles. The predicted molar refractivity (Wildman–Crippen MR) is 76.7 cm³/mol. The number of hydrogen-bond donors (Lipinski definition) is 1. The molecule has 2 N–H and O–H groups in total. The first-order chi connectivity index (χ1) is 8.67. The Morgan fingerprint density at radius 1 is 1.11 bits per heavy atom. The summed E-state index contributed by atoms with van der Waals surface area (Å²) >= 11 is 0. The van der Waals surface area contributed by atoms with Crippen LogP contribution in [0.15, 0.2) is 18.2 Å². The monoisotopic (exact) mass is 243 g/mol. The van der Waals surface area contributed by atoms with Crippen molar-refractivity contribution in [2.45, 2.75) is 64.3 Å². The van der Waals surface area contributed by atoms with Crippen LogP contribution in [0.2, 0.25) is 0 Å². The van der Waals surface area contributed by atoms with E-state index in [1.165, 1.54) is 50.5 Å². The van der Waals surface area contributed by atoms with Gasteiger partial charge < -0.3 is 5.73 Å². The van der Waals surface area contributed by atoms with Crippen LogP contribution in [-0.4, -0.2) is 6.04 Å². The van der Waals surface area contributed by atoms with E-state index in [1.54, 1.807) is 11.1 Å². The molecule has 0 aliphatic heterocycles. The number of hydrogen-bond acceptors (Lipinski definition) is 1. The number of nitrogens with two attached hydrogens (primary N) is 1. The fourth-order valence-electron chi connectivity index (χ4n) is 3.81. The highest BCUT2D eigenvalue weighted by atomic mass is 14.7. The zero-order valence-electron chi connectivity index (χ0n) is 11.5. The minimum absolute atomic E-state index is 0.333. The molecule has 1 saturated carbocycles. The Hall–Kier alpha value is -0.820. The van der Waals surface area contributed by atoms with Crippen LogP contribution >= 0.6 is 0 Å². The Bertz CT molecular complexity index is 429. The normalized spacial score (nSPS) is 23.0. The van der Waals surface area contributed by atoms with Gasteiger partial charge in [0, 0.05) is 6.04 Å². The van der Waals surface area contributed by atoms with Gasteiger partial charge in [0.25, 0.3) is 0 Å². The zero-order valence-corrected chi connectivity index (χ0v) is 11.5. The van der Waals surface area contributed by atoms with E-state index < -0.39 is 0 Å². The number of aryl methyl sites for hydroxylation is 2. The fourth-order valence-corrected chi connectivity index (χ4v) is 3.81. The summed E-state index contributed by atoms with van der Waals surface area (Å²) in [7, 11) is 0. The minimum Gasteiger partial charge on any atom is -0.327 e. The Kier molecular flexibility index (Phi) is 3.19. The molecular formula is C17H25N. The lowest BCUT2D eigenvalue weighted by Crippen LogP contribution is -2.39. The van der Waals surface area contributed by atoms with Crippen LogP contribution in [0, 0.1) is 5.41 Å². The molecule has 1 aromatic rings. The van der Waals surface area contributed by atoms with Gasteiger partial charge in [0.2, 0.25) is 0 Å². The summed E-state index contributed by atoms with van der Waals surface area (Å²) in [5.74, 6) is 0. The molecule has 1 fully saturated rings. The lowest BCUT2D eigenvalue weighted by atomic mass is 9.78. The molecule has 1 aromatic carbocycles. The van der Waals surface area contributed by atoms with Crippen molar-refractivity contribution in [3.63, 3.8) is 0 Å². The van der Waals surface area contributed by atoms with E-state index in [0.717, 1.165) is 6.42 Å². The van der Waals surface area contributed by atoms with Gasteiger partial charge in [-0.1, -0.05) is 38.0 Å². The first-order valence-corrected chi connectivity index (χ1v) is 7.54. The lowest BCUT2D eigenvalue weighted by molar-refractivity contribution is 0.260. The molecule has 18 heavy (non-hydrogen) atoms. The summed E-state index contributed by atoms with van der Waals surface area (Å²) in [4.78, 5) is 0. The third-order valence-electron chi connectivity index (χ3n) is 5.26. The molecular weight excluding hydrogens is 218 g/mol. The Labute approximate surface area is 111 Å². The largest absolute Gasteiger partial charge is 0.327 e. The first kappa shape index (κ1) is 12.2. The topological polar surface area (TPSA) is 26.0 Å². The molecule has 2 aliphatic rings. The van der Waals surface area contributed by atoms with Crippen molar-refractivity contribution in [1.29, 1.82) is 0 Å². The molecule has 0 saturated heterocycles. The van der Waals surface area contributed by atoms with Crippen LogP contribution in [0.1, 0.15) is 55.7 Å². The van der Waals surface area contributed by atoms with Gasteiger partial charge in [0.05, 0.1) is 0 Å². The van der Waals surface area contributed by atoms with E-state index in [2.05, 4.69) is 25.1 Å². The molecule has 0 heterocycles. The van der Waals surface area contributed by atoms with Gasteiger partial charge in [-0.3, -0.25) is 0 Å². The van der Waals surface area contributed by atoms with Crippen molar-refractivity contribution >= 4 is 0 Å².